The van der Waals surface area contributed by atoms with Crippen LogP contribution in [0.3, 0.4) is 0 Å². The molecule has 0 amide bonds. The van der Waals surface area contributed by atoms with Crippen LogP contribution in [0.4, 0.5) is 0 Å². The fraction of sp³-hybridized carbons (Fsp3) is 0.569. The highest BCUT2D eigenvalue weighted by Gasteiger charge is 2.55. The van der Waals surface area contributed by atoms with E-state index in [0.29, 0.717) is 53.8 Å². The average molecular weight is 977 g/mol. The highest BCUT2D eigenvalue weighted by molar-refractivity contribution is 5.45. The summed E-state index contributed by atoms with van der Waals surface area (Å²) < 4.78 is 18.3. The molecule has 4 fully saturated rings. The first-order chi connectivity index (χ1) is 34.8. The second-order valence-corrected chi connectivity index (χ2v) is 23.3. The van der Waals surface area contributed by atoms with Crippen LogP contribution in [0.15, 0.2) is 102 Å². The number of rotatable bonds is 15. The monoisotopic (exact) mass is 977 g/mol. The van der Waals surface area contributed by atoms with Crippen molar-refractivity contribution in [2.24, 2.45) is 46.3 Å². The third-order valence-electron chi connectivity index (χ3n) is 19.7. The van der Waals surface area contributed by atoms with Crippen LogP contribution in [0, 0.1) is 46.3 Å². The Kier molecular flexibility index (Phi) is 16.2. The summed E-state index contributed by atoms with van der Waals surface area (Å²) in [5.41, 5.74) is 12.1. The summed E-state index contributed by atoms with van der Waals surface area (Å²) in [7, 11) is 1.73. The lowest BCUT2D eigenvalue weighted by Crippen LogP contribution is -2.43. The van der Waals surface area contributed by atoms with Crippen LogP contribution in [-0.2, 0) is 25.9 Å². The molecule has 4 aromatic rings. The van der Waals surface area contributed by atoms with Crippen molar-refractivity contribution in [2.45, 2.75) is 145 Å². The van der Waals surface area contributed by atoms with Crippen molar-refractivity contribution < 1.29 is 24.4 Å². The first-order valence-corrected chi connectivity index (χ1v) is 28.3. The van der Waals surface area contributed by atoms with Crippen LogP contribution in [-0.4, -0.2) is 66.5 Å². The van der Waals surface area contributed by atoms with Crippen LogP contribution >= 0.6 is 0 Å². The molecule has 2 N–H and O–H groups in total. The molecule has 0 bridgehead atoms. The molecule has 6 aliphatic rings. The van der Waals surface area contributed by atoms with Gasteiger partial charge < -0.3 is 24.4 Å². The average Bonchev–Trinajstić information content (AvgIpc) is 3.90. The lowest BCUT2D eigenvalue weighted by Gasteiger charge is -2.52. The largest absolute Gasteiger partial charge is 0.508 e. The molecule has 4 saturated carbocycles. The Morgan fingerprint density at radius 2 is 1.08 bits per heavy atom. The van der Waals surface area contributed by atoms with E-state index in [1.807, 2.05) is 24.3 Å². The van der Waals surface area contributed by atoms with Crippen LogP contribution in [0.5, 0.6) is 28.7 Å². The highest BCUT2D eigenvalue weighted by Crippen LogP contribution is 2.65. The van der Waals surface area contributed by atoms with E-state index in [4.69, 9.17) is 14.2 Å². The van der Waals surface area contributed by atoms with E-state index in [1.165, 1.54) is 84.7 Å². The Bertz CT molecular complexity index is 2560. The maximum atomic E-state index is 10.0. The van der Waals surface area contributed by atoms with Gasteiger partial charge in [0.15, 0.2) is 11.5 Å². The van der Waals surface area contributed by atoms with Crippen LogP contribution in [0.25, 0.3) is 0 Å². The number of fused-ring (bicyclic) bond motifs is 10. The standard InChI is InChI=1S/C33H45NO3.C32H43NO2/c1-6-34(7-2)21-23-8-13-30(31(19-23)36-5)37-17-15-25-9-12-29-32-22(3)18-24-20-26(35)10-11-27(24)28(32)14-16-33(25,29)4;1-5-33(6-2)21-23-9-7-8-10-30(23)35-18-16-25-11-14-29-31-22(3)19-24-20-26(34)12-13-27(24)28(31)15-17-32(25,29)4/h8,10-11,13,15,19-20,22,28-29,32,35H,6-7,9,12,14,16-18,21H2,1-5H3;7-10,12-13,16,20,22,28-29,31,34H,5-6,11,14-15,17-19,21H2,1-4H3/b25-15+;25-16+/t22-,28?,29?,32?,33?;22-,28?,29?,31?,32?/m11/s1. The smallest absolute Gasteiger partial charge is 0.161 e. The Morgan fingerprint density at radius 1 is 0.583 bits per heavy atom. The molecule has 0 heterocycles. The third-order valence-corrected chi connectivity index (χ3v) is 19.7. The minimum absolute atomic E-state index is 0.269. The summed E-state index contributed by atoms with van der Waals surface area (Å²) in [6.45, 7) is 26.1. The van der Waals surface area contributed by atoms with Gasteiger partial charge in [0.25, 0.3) is 0 Å². The van der Waals surface area contributed by atoms with Gasteiger partial charge in [-0.1, -0.05) is 103 Å². The van der Waals surface area contributed by atoms with Crippen molar-refractivity contribution in [3.8, 4) is 28.7 Å². The second kappa shape index (κ2) is 22.4. The number of nitrogens with zero attached hydrogens (tertiary/aromatic N) is 2. The molecule has 72 heavy (non-hydrogen) atoms. The van der Waals surface area contributed by atoms with E-state index >= 15 is 0 Å². The summed E-state index contributed by atoms with van der Waals surface area (Å²) in [4.78, 5) is 4.84. The van der Waals surface area contributed by atoms with Crippen LogP contribution in [0.1, 0.15) is 152 Å². The molecule has 0 radical (unpaired) electrons. The molecular weight excluding hydrogens is 889 g/mol. The van der Waals surface area contributed by atoms with Gasteiger partial charge in [0, 0.05) is 18.7 Å². The van der Waals surface area contributed by atoms with Crippen molar-refractivity contribution in [3.05, 3.63) is 136 Å². The van der Waals surface area contributed by atoms with E-state index in [1.54, 1.807) is 18.3 Å². The van der Waals surface area contributed by atoms with Gasteiger partial charge in [0.2, 0.25) is 0 Å². The van der Waals surface area contributed by atoms with Crippen molar-refractivity contribution in [1.29, 1.82) is 0 Å². The first-order valence-electron chi connectivity index (χ1n) is 28.3. The zero-order valence-corrected chi connectivity index (χ0v) is 45.5. The topological polar surface area (TPSA) is 74.6 Å². The van der Waals surface area contributed by atoms with Crippen molar-refractivity contribution >= 4 is 0 Å². The maximum Gasteiger partial charge on any atom is 0.161 e. The quantitative estimate of drug-likeness (QED) is 0.115. The number of benzene rings is 4. The van der Waals surface area contributed by atoms with E-state index in [9.17, 15) is 10.2 Å². The second-order valence-electron chi connectivity index (χ2n) is 23.3. The van der Waals surface area contributed by atoms with Gasteiger partial charge in [-0.15, -0.1) is 0 Å². The summed E-state index contributed by atoms with van der Waals surface area (Å²) >= 11 is 0. The minimum atomic E-state index is 0.269. The molecule has 0 aliphatic heterocycles. The normalized spacial score (nSPS) is 30.2. The van der Waals surface area contributed by atoms with Crippen LogP contribution < -0.4 is 14.2 Å². The number of hydrogen-bond donors (Lipinski definition) is 2. The number of ether oxygens (including phenoxy) is 3. The first kappa shape index (κ1) is 52.2. The van der Waals surface area contributed by atoms with E-state index in [0.717, 1.165) is 93.0 Å². The molecule has 10 atom stereocenters. The molecule has 388 valence electrons. The number of allylic oxidation sites excluding steroid dienone is 2. The van der Waals surface area contributed by atoms with Gasteiger partial charge in [-0.05, 0) is 231 Å². The van der Waals surface area contributed by atoms with Crippen molar-refractivity contribution in [3.63, 3.8) is 0 Å². The van der Waals surface area contributed by atoms with Crippen LogP contribution in [0.2, 0.25) is 0 Å². The van der Waals surface area contributed by atoms with E-state index in [-0.39, 0.29) is 5.41 Å². The maximum absolute atomic E-state index is 10.0. The summed E-state index contributed by atoms with van der Waals surface area (Å²) in [5.74, 6) is 9.04. The third kappa shape index (κ3) is 10.4. The summed E-state index contributed by atoms with van der Waals surface area (Å²) in [5, 5.41) is 20.1. The fourth-order valence-corrected chi connectivity index (χ4v) is 15.9. The van der Waals surface area contributed by atoms with E-state index < -0.39 is 0 Å². The van der Waals surface area contributed by atoms with Gasteiger partial charge in [-0.2, -0.15) is 0 Å². The fourth-order valence-electron chi connectivity index (χ4n) is 15.9. The number of phenols is 2. The summed E-state index contributed by atoms with van der Waals surface area (Å²) in [6.07, 6.45) is 17.0. The van der Waals surface area contributed by atoms with Gasteiger partial charge in [0.1, 0.15) is 30.5 Å². The Hall–Kier alpha value is -4.72. The molecule has 0 saturated heterocycles. The zero-order chi connectivity index (χ0) is 50.7. The molecule has 6 aliphatic carbocycles. The minimum Gasteiger partial charge on any atom is -0.508 e. The number of methoxy groups -OCH3 is 1. The van der Waals surface area contributed by atoms with Gasteiger partial charge >= 0.3 is 0 Å². The molecule has 4 aromatic carbocycles. The molecule has 8 unspecified atom stereocenters. The molecular formula is C65H88N2O5. The number of hydrogen-bond acceptors (Lipinski definition) is 7. The Labute approximate surface area is 434 Å². The predicted octanol–water partition coefficient (Wildman–Crippen LogP) is 14.7. The molecule has 10 rings (SSSR count). The SMILES string of the molecule is CCN(CC)Cc1ccc(OC/C=C2\CCC3C4C(CCC23C)c2ccc(O)cc2C[C@H]4C)c(OC)c1.CCN(CC)Cc1ccccc1OC/C=C1\CCC2C3C(CCC12C)c1ccc(O)cc1C[C@H]3C. The lowest BCUT2D eigenvalue weighted by atomic mass is 9.52. The molecule has 7 heteroatoms. The molecule has 7 nitrogen and oxygen atoms in total. The summed E-state index contributed by atoms with van der Waals surface area (Å²) in [6, 6.07) is 27.1. The molecule has 0 aromatic heterocycles. The number of para-hydroxylation sites is 1. The number of phenolic OH excluding ortho intramolecular Hbond substituents is 2. The lowest BCUT2D eigenvalue weighted by molar-refractivity contribution is 0.0488. The van der Waals surface area contributed by atoms with Crippen molar-refractivity contribution in [2.75, 3.05) is 46.5 Å². The highest BCUT2D eigenvalue weighted by atomic mass is 16.5. The molecule has 0 spiro atoms. The van der Waals surface area contributed by atoms with E-state index in [2.05, 4.69) is 132 Å². The van der Waals surface area contributed by atoms with Gasteiger partial charge in [-0.3, -0.25) is 9.80 Å². The predicted molar refractivity (Wildman–Crippen MR) is 294 cm³/mol. The Morgan fingerprint density at radius 3 is 1.60 bits per heavy atom. The van der Waals surface area contributed by atoms with Gasteiger partial charge in [-0.25, -0.2) is 0 Å². The Balaban J connectivity index is 0.000000178. The van der Waals surface area contributed by atoms with Gasteiger partial charge in [0.05, 0.1) is 7.11 Å². The van der Waals surface area contributed by atoms with Crippen molar-refractivity contribution in [1.82, 2.24) is 9.80 Å². The number of aromatic hydroxyl groups is 2. The zero-order valence-electron chi connectivity index (χ0n) is 45.5.